The number of aromatic nitrogens is 5. The van der Waals surface area contributed by atoms with Crippen LogP contribution in [-0.2, 0) is 6.54 Å². The Morgan fingerprint density at radius 1 is 1.00 bits per heavy atom. The highest BCUT2D eigenvalue weighted by molar-refractivity contribution is 5.85. The van der Waals surface area contributed by atoms with E-state index in [4.69, 9.17) is 0 Å². The second-order valence-electron chi connectivity index (χ2n) is 7.05. The minimum Gasteiger partial charge on any atom is -0.360 e. The van der Waals surface area contributed by atoms with E-state index in [2.05, 4.69) is 25.8 Å². The summed E-state index contributed by atoms with van der Waals surface area (Å²) in [6.07, 6.45) is 3.62. The molecule has 0 fully saturated rings. The Balaban J connectivity index is 0.00000193. The molecule has 148 valence electrons. The van der Waals surface area contributed by atoms with E-state index in [1.807, 2.05) is 41.1 Å². The molecule has 30 heavy (non-hydrogen) atoms. The van der Waals surface area contributed by atoms with Crippen molar-refractivity contribution in [1.82, 2.24) is 24.3 Å². The Morgan fingerprint density at radius 3 is 2.73 bits per heavy atom. The lowest BCUT2D eigenvalue weighted by molar-refractivity contribution is 0.629. The zero-order valence-electron chi connectivity index (χ0n) is 15.5. The van der Waals surface area contributed by atoms with Crippen molar-refractivity contribution in [2.24, 2.45) is 0 Å². The molecule has 6 rings (SSSR count). The number of halogens is 2. The maximum Gasteiger partial charge on any atom is 0.200 e. The minimum atomic E-state index is -0.455. The van der Waals surface area contributed by atoms with Gasteiger partial charge in [0.15, 0.2) is 11.6 Å². The number of aromatic amines is 1. The van der Waals surface area contributed by atoms with Gasteiger partial charge in [0.25, 0.3) is 0 Å². The number of nitrogens with zero attached hydrogens (tertiary/aromatic N) is 4. The van der Waals surface area contributed by atoms with E-state index in [9.17, 15) is 9.18 Å². The molecule has 4 heterocycles. The fourth-order valence-electron chi connectivity index (χ4n) is 4.01. The number of pyridine rings is 1. The van der Waals surface area contributed by atoms with Crippen LogP contribution in [0.25, 0.3) is 39.5 Å². The van der Waals surface area contributed by atoms with Crippen molar-refractivity contribution in [3.63, 3.8) is 0 Å². The third-order valence-corrected chi connectivity index (χ3v) is 5.38. The van der Waals surface area contributed by atoms with Gasteiger partial charge in [-0.1, -0.05) is 18.2 Å². The Labute approximate surface area is 176 Å². The predicted octanol–water partition coefficient (Wildman–Crippen LogP) is 4.17. The largest absolute Gasteiger partial charge is 0.360 e. The molecule has 6 nitrogen and oxygen atoms in total. The number of nitrogens with one attached hydrogen (secondary N) is 1. The van der Waals surface area contributed by atoms with E-state index in [1.165, 1.54) is 12.1 Å². The normalized spacial score (nSPS) is 11.9. The van der Waals surface area contributed by atoms with E-state index in [-0.39, 0.29) is 23.2 Å². The molecule has 0 saturated heterocycles. The Kier molecular flexibility index (Phi) is 4.08. The first kappa shape index (κ1) is 18.3. The molecule has 0 amide bonds. The lowest BCUT2D eigenvalue weighted by Gasteiger charge is -2.11. The lowest BCUT2D eigenvalue weighted by Crippen LogP contribution is -2.11. The highest BCUT2D eigenvalue weighted by atomic mass is 35.5. The molecule has 3 aromatic heterocycles. The molecule has 0 bridgehead atoms. The van der Waals surface area contributed by atoms with Crippen LogP contribution < -0.4 is 5.43 Å². The molecule has 5 aromatic rings. The average Bonchev–Trinajstić information content (AvgIpc) is 3.33. The fraction of sp³-hybridized carbons (Fsp3) is 0.0455. The molecule has 0 aliphatic carbocycles. The molecule has 0 atom stereocenters. The number of H-pyrrole nitrogens is 1. The summed E-state index contributed by atoms with van der Waals surface area (Å²) >= 11 is 0. The number of rotatable bonds is 1. The van der Waals surface area contributed by atoms with Gasteiger partial charge in [0.2, 0.25) is 5.43 Å². The summed E-state index contributed by atoms with van der Waals surface area (Å²) in [4.78, 5) is 16.3. The van der Waals surface area contributed by atoms with Gasteiger partial charge in [-0.25, -0.2) is 4.39 Å². The molecule has 8 heteroatoms. The fourth-order valence-corrected chi connectivity index (χ4v) is 4.01. The van der Waals surface area contributed by atoms with Gasteiger partial charge < -0.3 is 9.55 Å². The first-order valence-corrected chi connectivity index (χ1v) is 9.21. The second-order valence-corrected chi connectivity index (χ2v) is 7.05. The summed E-state index contributed by atoms with van der Waals surface area (Å²) in [6.45, 7) is 0.695. The third-order valence-electron chi connectivity index (χ3n) is 5.38. The van der Waals surface area contributed by atoms with Crippen molar-refractivity contribution in [3.05, 3.63) is 88.6 Å². The molecule has 0 unspecified atom stereocenters. The van der Waals surface area contributed by atoms with Crippen LogP contribution in [0.2, 0.25) is 0 Å². The van der Waals surface area contributed by atoms with Gasteiger partial charge >= 0.3 is 0 Å². The Hall–Kier alpha value is -3.71. The summed E-state index contributed by atoms with van der Waals surface area (Å²) in [5.41, 5.74) is 3.56. The second kappa shape index (κ2) is 6.67. The standard InChI is InChI=1S/C22H14FN5O.ClH/c23-14-7-8-17-15(10-14)20(29)16(11-24-17)21-25-26-22-19-6-3-9-27(19)12-13-4-1-2-5-18(13)28(21)22;/h1-11H,12H2,(H,24,29);1H. The Morgan fingerprint density at radius 2 is 1.83 bits per heavy atom. The van der Waals surface area contributed by atoms with Gasteiger partial charge in [-0.2, -0.15) is 0 Å². The topological polar surface area (TPSA) is 68.5 Å². The van der Waals surface area contributed by atoms with Crippen LogP contribution in [0.15, 0.2) is 71.8 Å². The SMILES string of the molecule is Cl.O=c1c(-c2nnc3n2-c2ccccc2Cn2cccc2-3)c[nH]c2ccc(F)cc12. The summed E-state index contributed by atoms with van der Waals surface area (Å²) in [7, 11) is 0. The number of fused-ring (bicyclic) bond motifs is 6. The van der Waals surface area contributed by atoms with Crippen LogP contribution in [0.3, 0.4) is 0 Å². The van der Waals surface area contributed by atoms with Crippen molar-refractivity contribution < 1.29 is 4.39 Å². The number of hydrogen-bond acceptors (Lipinski definition) is 3. The van der Waals surface area contributed by atoms with Crippen LogP contribution in [0.1, 0.15) is 5.56 Å². The highest BCUT2D eigenvalue weighted by Crippen LogP contribution is 2.33. The van der Waals surface area contributed by atoms with Crippen molar-refractivity contribution in [3.8, 4) is 28.6 Å². The maximum absolute atomic E-state index is 13.8. The van der Waals surface area contributed by atoms with E-state index in [1.54, 1.807) is 12.3 Å². The molecule has 0 saturated carbocycles. The number of benzene rings is 2. The third kappa shape index (κ3) is 2.52. The molecule has 1 aliphatic rings. The van der Waals surface area contributed by atoms with Gasteiger partial charge in [0, 0.05) is 29.8 Å². The first-order chi connectivity index (χ1) is 14.2. The van der Waals surface area contributed by atoms with Crippen LogP contribution in [0, 0.1) is 5.82 Å². The van der Waals surface area contributed by atoms with Crippen LogP contribution in [-0.4, -0.2) is 24.3 Å². The highest BCUT2D eigenvalue weighted by Gasteiger charge is 2.25. The zero-order chi connectivity index (χ0) is 19.5. The molecule has 0 radical (unpaired) electrons. The van der Waals surface area contributed by atoms with Gasteiger partial charge in [-0.15, -0.1) is 22.6 Å². The predicted molar refractivity (Wildman–Crippen MR) is 115 cm³/mol. The zero-order valence-corrected chi connectivity index (χ0v) is 16.4. The number of hydrogen-bond donors (Lipinski definition) is 1. The monoisotopic (exact) mass is 419 g/mol. The van der Waals surface area contributed by atoms with Crippen LogP contribution in [0.4, 0.5) is 4.39 Å². The van der Waals surface area contributed by atoms with Crippen molar-refractivity contribution in [2.75, 3.05) is 0 Å². The van der Waals surface area contributed by atoms with Gasteiger partial charge in [-0.05, 0) is 42.0 Å². The minimum absolute atomic E-state index is 0. The lowest BCUT2D eigenvalue weighted by atomic mass is 10.1. The van der Waals surface area contributed by atoms with Gasteiger partial charge in [0.05, 0.1) is 16.9 Å². The maximum atomic E-state index is 13.8. The first-order valence-electron chi connectivity index (χ1n) is 9.21. The summed E-state index contributed by atoms with van der Waals surface area (Å²) in [6, 6.07) is 16.1. The van der Waals surface area contributed by atoms with Crippen molar-refractivity contribution in [2.45, 2.75) is 6.54 Å². The Bertz CT molecular complexity index is 1480. The van der Waals surface area contributed by atoms with Gasteiger partial charge in [-0.3, -0.25) is 9.36 Å². The van der Waals surface area contributed by atoms with E-state index >= 15 is 0 Å². The smallest absolute Gasteiger partial charge is 0.200 e. The quantitative estimate of drug-likeness (QED) is 0.435. The summed E-state index contributed by atoms with van der Waals surface area (Å²) < 4.78 is 17.8. The molecule has 1 N–H and O–H groups in total. The van der Waals surface area contributed by atoms with Crippen molar-refractivity contribution >= 4 is 23.3 Å². The van der Waals surface area contributed by atoms with Crippen LogP contribution >= 0.6 is 12.4 Å². The van der Waals surface area contributed by atoms with Crippen molar-refractivity contribution in [1.29, 1.82) is 0 Å². The molecule has 0 spiro atoms. The van der Waals surface area contributed by atoms with Gasteiger partial charge in [0.1, 0.15) is 5.82 Å². The number of para-hydroxylation sites is 1. The van der Waals surface area contributed by atoms with Crippen LogP contribution in [0.5, 0.6) is 0 Å². The molecular formula is C22H15ClFN5O. The molecule has 2 aromatic carbocycles. The van der Waals surface area contributed by atoms with E-state index in [0.29, 0.717) is 29.3 Å². The summed E-state index contributed by atoms with van der Waals surface area (Å²) in [5.74, 6) is 0.631. The molecule has 1 aliphatic heterocycles. The average molecular weight is 420 g/mol. The van der Waals surface area contributed by atoms with E-state index < -0.39 is 5.82 Å². The van der Waals surface area contributed by atoms with E-state index in [0.717, 1.165) is 16.9 Å². The summed E-state index contributed by atoms with van der Waals surface area (Å²) in [5, 5.41) is 9.06. The molecular weight excluding hydrogens is 405 g/mol.